The highest BCUT2D eigenvalue weighted by Gasteiger charge is 2.27. The van der Waals surface area contributed by atoms with Crippen LogP contribution >= 0.6 is 15.9 Å². The lowest BCUT2D eigenvalue weighted by molar-refractivity contribution is 0.106. The summed E-state index contributed by atoms with van der Waals surface area (Å²) < 4.78 is 1.01. The molecule has 2 aromatic rings. The number of fused-ring (bicyclic) bond motifs is 1. The molecule has 0 unspecified atom stereocenters. The van der Waals surface area contributed by atoms with E-state index < -0.39 is 0 Å². The fourth-order valence-corrected chi connectivity index (χ4v) is 3.48. The van der Waals surface area contributed by atoms with Crippen molar-refractivity contribution in [2.24, 2.45) is 0 Å². The van der Waals surface area contributed by atoms with Gasteiger partial charge in [-0.3, -0.25) is 0 Å². The molecule has 2 atom stereocenters. The first-order chi connectivity index (χ1) is 9.66. The molecule has 1 fully saturated rings. The van der Waals surface area contributed by atoms with Crippen LogP contribution in [-0.2, 0) is 0 Å². The second-order valence-electron chi connectivity index (χ2n) is 5.51. The third-order valence-electron chi connectivity index (χ3n) is 4.21. The first-order valence-electron chi connectivity index (χ1n) is 7.13. The molecule has 3 nitrogen and oxygen atoms in total. The Morgan fingerprint density at radius 3 is 2.80 bits per heavy atom. The normalized spacial score (nSPS) is 22.9. The Morgan fingerprint density at radius 1 is 1.20 bits per heavy atom. The van der Waals surface area contributed by atoms with Gasteiger partial charge in [0.25, 0.3) is 0 Å². The summed E-state index contributed by atoms with van der Waals surface area (Å²) in [5.41, 5.74) is 0.974. The third kappa shape index (κ3) is 2.54. The predicted octanol–water partition coefficient (Wildman–Crippen LogP) is 3.74. The van der Waals surface area contributed by atoms with E-state index >= 15 is 0 Å². The quantitative estimate of drug-likeness (QED) is 0.908. The van der Waals surface area contributed by atoms with Crippen molar-refractivity contribution in [2.45, 2.75) is 37.8 Å². The third-order valence-corrected chi connectivity index (χ3v) is 4.85. The summed E-state index contributed by atoms with van der Waals surface area (Å²) in [6, 6.07) is 10.4. The van der Waals surface area contributed by atoms with Crippen LogP contribution in [0, 0.1) is 0 Å². The van der Waals surface area contributed by atoms with Crippen molar-refractivity contribution in [2.75, 3.05) is 11.9 Å². The van der Waals surface area contributed by atoms with Crippen LogP contribution in [-0.4, -0.2) is 29.3 Å². The van der Waals surface area contributed by atoms with Crippen LogP contribution in [0.2, 0.25) is 0 Å². The maximum absolute atomic E-state index is 10.2. The topological polar surface area (TPSA) is 36.4 Å². The van der Waals surface area contributed by atoms with Gasteiger partial charge in [-0.25, -0.2) is 4.98 Å². The van der Waals surface area contributed by atoms with Crippen LogP contribution in [0.4, 0.5) is 5.82 Å². The number of hydrogen-bond donors (Lipinski definition) is 1. The Bertz CT molecular complexity index is 616. The van der Waals surface area contributed by atoms with Crippen molar-refractivity contribution in [3.8, 4) is 0 Å². The van der Waals surface area contributed by atoms with Gasteiger partial charge < -0.3 is 10.0 Å². The first kappa shape index (κ1) is 13.8. The number of hydrogen-bond acceptors (Lipinski definition) is 3. The summed E-state index contributed by atoms with van der Waals surface area (Å²) in [5, 5.41) is 11.3. The van der Waals surface area contributed by atoms with Gasteiger partial charge in [0.05, 0.1) is 17.7 Å². The minimum atomic E-state index is -0.245. The summed E-state index contributed by atoms with van der Waals surface area (Å²) in [7, 11) is 2.03. The lowest BCUT2D eigenvalue weighted by atomic mass is 9.91. The molecule has 0 spiro atoms. The molecule has 1 aromatic carbocycles. The number of anilines is 1. The van der Waals surface area contributed by atoms with Crippen molar-refractivity contribution in [3.05, 3.63) is 34.8 Å². The highest BCUT2D eigenvalue weighted by atomic mass is 79.9. The van der Waals surface area contributed by atoms with Gasteiger partial charge >= 0.3 is 0 Å². The predicted molar refractivity (Wildman–Crippen MR) is 86.1 cm³/mol. The van der Waals surface area contributed by atoms with E-state index in [1.165, 1.54) is 6.42 Å². The molecule has 106 valence electrons. The Balaban J connectivity index is 1.95. The number of aromatic nitrogens is 1. The zero-order chi connectivity index (χ0) is 14.1. The van der Waals surface area contributed by atoms with E-state index in [1.54, 1.807) is 0 Å². The highest BCUT2D eigenvalue weighted by Crippen LogP contribution is 2.28. The number of likely N-dealkylation sites (N-methyl/N-ethyl adjacent to an activating group) is 1. The van der Waals surface area contributed by atoms with Crippen LogP contribution in [0.5, 0.6) is 0 Å². The van der Waals surface area contributed by atoms with Gasteiger partial charge in [0, 0.05) is 16.9 Å². The van der Waals surface area contributed by atoms with Crippen molar-refractivity contribution >= 4 is 32.7 Å². The molecule has 1 saturated carbocycles. The van der Waals surface area contributed by atoms with Crippen molar-refractivity contribution in [3.63, 3.8) is 0 Å². The smallest absolute Gasteiger partial charge is 0.129 e. The molecule has 4 heteroatoms. The number of nitrogens with zero attached hydrogens (tertiary/aromatic N) is 2. The number of rotatable bonds is 2. The Hall–Kier alpha value is -1.13. The number of aliphatic hydroxyl groups is 1. The number of pyridine rings is 1. The maximum atomic E-state index is 10.2. The summed E-state index contributed by atoms with van der Waals surface area (Å²) in [5.74, 6) is 0.926. The molecule has 1 aromatic heterocycles. The summed E-state index contributed by atoms with van der Waals surface area (Å²) in [6.07, 6.45) is 4.00. The molecule has 0 amide bonds. The largest absolute Gasteiger partial charge is 0.391 e. The van der Waals surface area contributed by atoms with Gasteiger partial charge in [-0.2, -0.15) is 0 Å². The zero-order valence-corrected chi connectivity index (χ0v) is 13.2. The van der Waals surface area contributed by atoms with E-state index in [4.69, 9.17) is 4.98 Å². The van der Waals surface area contributed by atoms with Crippen LogP contribution in [0.25, 0.3) is 10.9 Å². The maximum Gasteiger partial charge on any atom is 0.129 e. The van der Waals surface area contributed by atoms with Crippen molar-refractivity contribution < 1.29 is 5.11 Å². The van der Waals surface area contributed by atoms with Crippen LogP contribution in [0.15, 0.2) is 34.8 Å². The lowest BCUT2D eigenvalue weighted by Crippen LogP contribution is -2.43. The van der Waals surface area contributed by atoms with E-state index in [9.17, 15) is 5.11 Å². The second-order valence-corrected chi connectivity index (χ2v) is 6.37. The molecule has 0 radical (unpaired) electrons. The second kappa shape index (κ2) is 5.70. The minimum absolute atomic E-state index is 0.177. The molecule has 1 N–H and O–H groups in total. The number of halogens is 1. The van der Waals surface area contributed by atoms with E-state index in [0.717, 1.165) is 40.5 Å². The van der Waals surface area contributed by atoms with Gasteiger partial charge in [-0.05, 0) is 47.0 Å². The summed E-state index contributed by atoms with van der Waals surface area (Å²) in [6.45, 7) is 0. The number of para-hydroxylation sites is 1. The van der Waals surface area contributed by atoms with E-state index in [1.807, 2.05) is 25.2 Å². The van der Waals surface area contributed by atoms with Crippen LogP contribution < -0.4 is 4.90 Å². The molecular formula is C16H19BrN2O. The Morgan fingerprint density at radius 2 is 2.00 bits per heavy atom. The van der Waals surface area contributed by atoms with Gasteiger partial charge in [0.1, 0.15) is 5.82 Å². The molecule has 1 aliphatic carbocycles. The lowest BCUT2D eigenvalue weighted by Gasteiger charge is -2.36. The van der Waals surface area contributed by atoms with Crippen molar-refractivity contribution in [1.29, 1.82) is 0 Å². The van der Waals surface area contributed by atoms with Gasteiger partial charge in [-0.1, -0.05) is 25.0 Å². The summed E-state index contributed by atoms with van der Waals surface area (Å²) in [4.78, 5) is 6.88. The standard InChI is InChI=1S/C16H19BrN2O/c1-19(13-7-2-3-8-14(13)20)15-10-9-11-5-4-6-12(17)16(11)18-15/h4-6,9-10,13-14,20H,2-3,7-8H2,1H3/t13-,14-/m1/s1. The molecule has 0 bridgehead atoms. The van der Waals surface area contributed by atoms with Gasteiger partial charge in [0.2, 0.25) is 0 Å². The fraction of sp³-hybridized carbons (Fsp3) is 0.438. The Labute approximate surface area is 127 Å². The average Bonchev–Trinajstić information content (AvgIpc) is 2.47. The Kier molecular flexibility index (Phi) is 3.94. The first-order valence-corrected chi connectivity index (χ1v) is 7.92. The van der Waals surface area contributed by atoms with Crippen LogP contribution in [0.1, 0.15) is 25.7 Å². The summed E-state index contributed by atoms with van der Waals surface area (Å²) >= 11 is 3.56. The molecule has 20 heavy (non-hydrogen) atoms. The van der Waals surface area contributed by atoms with E-state index in [2.05, 4.69) is 33.0 Å². The molecule has 0 aliphatic heterocycles. The van der Waals surface area contributed by atoms with E-state index in [-0.39, 0.29) is 12.1 Å². The molecule has 0 saturated heterocycles. The molecule has 3 rings (SSSR count). The zero-order valence-electron chi connectivity index (χ0n) is 11.6. The van der Waals surface area contributed by atoms with Crippen LogP contribution in [0.3, 0.4) is 0 Å². The van der Waals surface area contributed by atoms with Gasteiger partial charge in [-0.15, -0.1) is 0 Å². The van der Waals surface area contributed by atoms with Gasteiger partial charge in [0.15, 0.2) is 0 Å². The monoisotopic (exact) mass is 334 g/mol. The number of benzene rings is 1. The van der Waals surface area contributed by atoms with E-state index in [0.29, 0.717) is 0 Å². The van der Waals surface area contributed by atoms with Crippen molar-refractivity contribution in [1.82, 2.24) is 4.98 Å². The molecular weight excluding hydrogens is 316 g/mol. The SMILES string of the molecule is CN(c1ccc2cccc(Br)c2n1)[C@@H]1CCCC[C@H]1O. The number of aliphatic hydroxyl groups excluding tert-OH is 1. The average molecular weight is 335 g/mol. The minimum Gasteiger partial charge on any atom is -0.391 e. The fourth-order valence-electron chi connectivity index (χ4n) is 3.01. The molecule has 1 heterocycles. The molecule has 1 aliphatic rings. The highest BCUT2D eigenvalue weighted by molar-refractivity contribution is 9.10.